The zero-order valence-electron chi connectivity index (χ0n) is 11.0. The Morgan fingerprint density at radius 2 is 1.90 bits per heavy atom. The molecule has 4 nitrogen and oxygen atoms in total. The summed E-state index contributed by atoms with van der Waals surface area (Å²) in [5.41, 5.74) is 1.87. The lowest BCUT2D eigenvalue weighted by Gasteiger charge is -2.11. The molecule has 0 aliphatic heterocycles. The second-order valence-corrected chi connectivity index (χ2v) is 4.54. The number of hydrogen-bond acceptors (Lipinski definition) is 4. The summed E-state index contributed by atoms with van der Waals surface area (Å²) in [4.78, 5) is 0. The van der Waals surface area contributed by atoms with Crippen LogP contribution in [0.3, 0.4) is 0 Å². The maximum absolute atomic E-state index is 5.84. The van der Waals surface area contributed by atoms with Gasteiger partial charge in [0.15, 0.2) is 11.5 Å². The van der Waals surface area contributed by atoms with Crippen LogP contribution in [0.1, 0.15) is 11.1 Å². The van der Waals surface area contributed by atoms with Crippen LogP contribution in [0.25, 0.3) is 0 Å². The number of benzene rings is 2. The minimum absolute atomic E-state index is 0.427. The van der Waals surface area contributed by atoms with Crippen LogP contribution in [-0.4, -0.2) is 13.3 Å². The van der Waals surface area contributed by atoms with Gasteiger partial charge in [0.05, 0.1) is 13.3 Å². The number of halogens is 1. The predicted molar refractivity (Wildman–Crippen MR) is 80.6 cm³/mol. The molecule has 20 heavy (non-hydrogen) atoms. The van der Waals surface area contributed by atoms with Gasteiger partial charge in [0, 0.05) is 5.02 Å². The molecule has 2 rings (SSSR count). The normalized spacial score (nSPS) is 10.7. The lowest BCUT2D eigenvalue weighted by molar-refractivity contribution is 0.284. The molecule has 0 fully saturated rings. The van der Waals surface area contributed by atoms with Gasteiger partial charge in [-0.15, -0.1) is 0 Å². The highest BCUT2D eigenvalue weighted by Crippen LogP contribution is 2.28. The van der Waals surface area contributed by atoms with Crippen molar-refractivity contribution in [3.8, 4) is 11.5 Å². The molecule has 0 saturated heterocycles. The maximum Gasteiger partial charge on any atom is 0.162 e. The largest absolute Gasteiger partial charge is 0.493 e. The molecule has 0 radical (unpaired) electrons. The summed E-state index contributed by atoms with van der Waals surface area (Å²) >= 11 is 5.84. The molecule has 0 heterocycles. The van der Waals surface area contributed by atoms with Gasteiger partial charge in [0.2, 0.25) is 0 Å². The predicted octanol–water partition coefficient (Wildman–Crippen LogP) is 3.22. The number of ether oxygens (including phenoxy) is 2. The average Bonchev–Trinajstić information content (AvgIpc) is 2.47. The van der Waals surface area contributed by atoms with Crippen molar-refractivity contribution in [2.45, 2.75) is 6.61 Å². The van der Waals surface area contributed by atoms with E-state index in [1.165, 1.54) is 0 Å². The molecular weight excluding hydrogens is 276 g/mol. The number of rotatable bonds is 5. The van der Waals surface area contributed by atoms with Crippen molar-refractivity contribution in [3.63, 3.8) is 0 Å². The van der Waals surface area contributed by atoms with E-state index < -0.39 is 0 Å². The highest BCUT2D eigenvalue weighted by Gasteiger charge is 2.05. The molecule has 104 valence electrons. The molecule has 0 saturated carbocycles. The molecule has 0 bridgehead atoms. The van der Waals surface area contributed by atoms with Crippen molar-refractivity contribution in [2.75, 3.05) is 7.11 Å². The van der Waals surface area contributed by atoms with Crippen LogP contribution in [0, 0.1) is 0 Å². The van der Waals surface area contributed by atoms with E-state index in [2.05, 4.69) is 5.10 Å². The van der Waals surface area contributed by atoms with Gasteiger partial charge < -0.3 is 15.3 Å². The number of hydrazone groups is 1. The standard InChI is InChI=1S/C15H15ClN2O2/c1-19-14-7-4-12(9-18-17)8-15(14)20-10-11-2-5-13(16)6-3-11/h2-9H,10,17H2,1H3. The summed E-state index contributed by atoms with van der Waals surface area (Å²) in [5, 5.41) is 4.20. The van der Waals surface area contributed by atoms with Crippen LogP contribution in [0.4, 0.5) is 0 Å². The van der Waals surface area contributed by atoms with Crippen molar-refractivity contribution < 1.29 is 9.47 Å². The highest BCUT2D eigenvalue weighted by atomic mass is 35.5. The maximum atomic E-state index is 5.84. The van der Waals surface area contributed by atoms with Gasteiger partial charge in [-0.05, 0) is 41.5 Å². The third kappa shape index (κ3) is 3.65. The first-order valence-corrected chi connectivity index (χ1v) is 6.39. The Bertz CT molecular complexity index is 597. The summed E-state index contributed by atoms with van der Waals surface area (Å²) in [7, 11) is 1.60. The molecule has 2 aromatic carbocycles. The number of nitrogens with zero attached hydrogens (tertiary/aromatic N) is 1. The number of nitrogens with two attached hydrogens (primary N) is 1. The molecule has 0 amide bonds. The Kier molecular flexibility index (Phi) is 4.85. The van der Waals surface area contributed by atoms with E-state index in [-0.39, 0.29) is 0 Å². The molecule has 0 atom stereocenters. The second kappa shape index (κ2) is 6.82. The van der Waals surface area contributed by atoms with E-state index in [9.17, 15) is 0 Å². The molecule has 0 aliphatic carbocycles. The fourth-order valence-electron chi connectivity index (χ4n) is 1.71. The molecule has 5 heteroatoms. The van der Waals surface area contributed by atoms with Crippen LogP contribution in [0.15, 0.2) is 47.6 Å². The Balaban J connectivity index is 2.14. The van der Waals surface area contributed by atoms with Gasteiger partial charge >= 0.3 is 0 Å². The highest BCUT2D eigenvalue weighted by molar-refractivity contribution is 6.30. The minimum atomic E-state index is 0.427. The van der Waals surface area contributed by atoms with Crippen molar-refractivity contribution >= 4 is 17.8 Å². The van der Waals surface area contributed by atoms with Crippen molar-refractivity contribution in [3.05, 3.63) is 58.6 Å². The molecule has 0 aliphatic rings. The minimum Gasteiger partial charge on any atom is -0.493 e. The van der Waals surface area contributed by atoms with Crippen LogP contribution in [0.2, 0.25) is 5.02 Å². The Labute approximate surface area is 122 Å². The van der Waals surface area contributed by atoms with Gasteiger partial charge in [0.25, 0.3) is 0 Å². The quantitative estimate of drug-likeness (QED) is 0.522. The molecule has 2 aromatic rings. The van der Waals surface area contributed by atoms with Crippen molar-refractivity contribution in [1.29, 1.82) is 0 Å². The second-order valence-electron chi connectivity index (χ2n) is 4.10. The zero-order valence-corrected chi connectivity index (χ0v) is 11.8. The van der Waals surface area contributed by atoms with Crippen LogP contribution < -0.4 is 15.3 Å². The summed E-state index contributed by atoms with van der Waals surface area (Å²) in [5.74, 6) is 6.44. The zero-order chi connectivity index (χ0) is 14.4. The molecular formula is C15H15ClN2O2. The fraction of sp³-hybridized carbons (Fsp3) is 0.133. The summed E-state index contributed by atoms with van der Waals surface area (Å²) in [6.07, 6.45) is 1.55. The first-order chi connectivity index (χ1) is 9.72. The molecule has 2 N–H and O–H groups in total. The van der Waals surface area contributed by atoms with E-state index >= 15 is 0 Å². The summed E-state index contributed by atoms with van der Waals surface area (Å²) in [6.45, 7) is 0.427. The topological polar surface area (TPSA) is 56.8 Å². The Hall–Kier alpha value is -2.20. The summed E-state index contributed by atoms with van der Waals surface area (Å²) < 4.78 is 11.0. The Morgan fingerprint density at radius 1 is 1.15 bits per heavy atom. The van der Waals surface area contributed by atoms with Gasteiger partial charge in [-0.1, -0.05) is 23.7 Å². The monoisotopic (exact) mass is 290 g/mol. The van der Waals surface area contributed by atoms with Crippen LogP contribution in [-0.2, 0) is 6.61 Å². The first kappa shape index (κ1) is 14.2. The van der Waals surface area contributed by atoms with Gasteiger partial charge in [-0.25, -0.2) is 0 Å². The number of hydrogen-bond donors (Lipinski definition) is 1. The van der Waals surface area contributed by atoms with Gasteiger partial charge in [-0.2, -0.15) is 5.10 Å². The average molecular weight is 291 g/mol. The number of methoxy groups -OCH3 is 1. The van der Waals surface area contributed by atoms with Gasteiger partial charge in [-0.3, -0.25) is 0 Å². The van der Waals surface area contributed by atoms with E-state index in [4.69, 9.17) is 26.9 Å². The van der Waals surface area contributed by atoms with Crippen LogP contribution >= 0.6 is 11.6 Å². The lowest BCUT2D eigenvalue weighted by atomic mass is 10.2. The smallest absolute Gasteiger partial charge is 0.162 e. The third-order valence-electron chi connectivity index (χ3n) is 2.72. The van der Waals surface area contributed by atoms with Crippen molar-refractivity contribution in [1.82, 2.24) is 0 Å². The van der Waals surface area contributed by atoms with Crippen molar-refractivity contribution in [2.24, 2.45) is 10.9 Å². The van der Waals surface area contributed by atoms with E-state index in [1.54, 1.807) is 13.3 Å². The lowest BCUT2D eigenvalue weighted by Crippen LogP contribution is -1.98. The summed E-state index contributed by atoms with van der Waals surface area (Å²) in [6, 6.07) is 13.0. The van der Waals surface area contributed by atoms with E-state index in [0.29, 0.717) is 23.1 Å². The Morgan fingerprint density at radius 3 is 2.55 bits per heavy atom. The molecule has 0 aromatic heterocycles. The van der Waals surface area contributed by atoms with E-state index in [0.717, 1.165) is 11.1 Å². The first-order valence-electron chi connectivity index (χ1n) is 6.01. The fourth-order valence-corrected chi connectivity index (χ4v) is 1.84. The SMILES string of the molecule is COc1ccc(C=NN)cc1OCc1ccc(Cl)cc1. The third-order valence-corrected chi connectivity index (χ3v) is 2.97. The van der Waals surface area contributed by atoms with Gasteiger partial charge in [0.1, 0.15) is 6.61 Å². The molecule has 0 unspecified atom stereocenters. The van der Waals surface area contributed by atoms with E-state index in [1.807, 2.05) is 42.5 Å². The van der Waals surface area contributed by atoms with Crippen LogP contribution in [0.5, 0.6) is 11.5 Å². The molecule has 0 spiro atoms.